The van der Waals surface area contributed by atoms with Crippen LogP contribution in [0.2, 0.25) is 0 Å². The summed E-state index contributed by atoms with van der Waals surface area (Å²) in [5.41, 5.74) is 0.827. The van der Waals surface area contributed by atoms with Gasteiger partial charge in [0.1, 0.15) is 0 Å². The van der Waals surface area contributed by atoms with E-state index >= 15 is 0 Å². The van der Waals surface area contributed by atoms with E-state index in [-0.39, 0.29) is 11.9 Å². The lowest BCUT2D eigenvalue weighted by molar-refractivity contribution is -0.140. The van der Waals surface area contributed by atoms with Crippen LogP contribution in [0.4, 0.5) is 5.69 Å². The third-order valence-corrected chi connectivity index (χ3v) is 4.05. The Morgan fingerprint density at radius 3 is 2.74 bits per heavy atom. The van der Waals surface area contributed by atoms with Gasteiger partial charge in [0, 0.05) is 10.6 Å². The molecule has 19 heavy (non-hydrogen) atoms. The van der Waals surface area contributed by atoms with E-state index in [0.29, 0.717) is 17.9 Å². The smallest absolute Gasteiger partial charge is 0.306 e. The molecule has 0 fully saturated rings. The van der Waals surface area contributed by atoms with Gasteiger partial charge in [-0.2, -0.15) is 11.8 Å². The molecule has 0 aliphatic heterocycles. The van der Waals surface area contributed by atoms with Gasteiger partial charge >= 0.3 is 5.97 Å². The van der Waals surface area contributed by atoms with Crippen LogP contribution in [0.1, 0.15) is 6.42 Å². The zero-order chi connectivity index (χ0) is 14.1. The van der Waals surface area contributed by atoms with Gasteiger partial charge in [0.15, 0.2) is 0 Å². The number of ether oxygens (including phenoxy) is 1. The molecule has 0 unspecified atom stereocenters. The third-order valence-electron chi connectivity index (χ3n) is 2.29. The molecule has 0 heterocycles. The maximum Gasteiger partial charge on any atom is 0.306 e. The number of carbonyl (C=O) groups excluding carboxylic acids is 2. The van der Waals surface area contributed by atoms with Crippen molar-refractivity contribution in [3.05, 3.63) is 24.3 Å². The summed E-state index contributed by atoms with van der Waals surface area (Å²) in [5, 5.41) is 2.87. The van der Waals surface area contributed by atoms with Gasteiger partial charge in [-0.05, 0) is 18.4 Å². The molecule has 0 aliphatic rings. The lowest BCUT2D eigenvalue weighted by Crippen LogP contribution is -2.15. The second-order valence-electron chi connectivity index (χ2n) is 3.63. The van der Waals surface area contributed by atoms with Crippen LogP contribution in [0.25, 0.3) is 0 Å². The van der Waals surface area contributed by atoms with E-state index in [1.165, 1.54) is 18.9 Å². The zero-order valence-corrected chi connectivity index (χ0v) is 12.6. The molecular formula is C13H17NO3S2. The van der Waals surface area contributed by atoms with Gasteiger partial charge in [-0.25, -0.2) is 0 Å². The summed E-state index contributed by atoms with van der Waals surface area (Å²) in [6, 6.07) is 7.67. The standard InChI is InChI=1S/C13H17NO3S2/c1-17-13(16)7-8-19-9-12(15)14-10-5-3-4-6-11(10)18-2/h3-6H,7-9H2,1-2H3,(H,14,15). The molecule has 0 saturated heterocycles. The number of esters is 1. The summed E-state index contributed by atoms with van der Waals surface area (Å²) in [5.74, 6) is 0.612. The van der Waals surface area contributed by atoms with Gasteiger partial charge in [-0.15, -0.1) is 11.8 Å². The second kappa shape index (κ2) is 8.87. The van der Waals surface area contributed by atoms with Crippen LogP contribution in [-0.2, 0) is 14.3 Å². The largest absolute Gasteiger partial charge is 0.469 e. The Morgan fingerprint density at radius 1 is 1.32 bits per heavy atom. The van der Waals surface area contributed by atoms with Crippen LogP contribution in [0.3, 0.4) is 0 Å². The summed E-state index contributed by atoms with van der Waals surface area (Å²) in [6.45, 7) is 0. The molecule has 6 heteroatoms. The minimum absolute atomic E-state index is 0.0589. The zero-order valence-electron chi connectivity index (χ0n) is 11.0. The van der Waals surface area contributed by atoms with E-state index in [1.807, 2.05) is 30.5 Å². The molecule has 1 aromatic rings. The minimum atomic E-state index is -0.249. The number of anilines is 1. The molecule has 0 radical (unpaired) electrons. The first-order valence-corrected chi connectivity index (χ1v) is 8.12. The molecule has 0 spiro atoms. The van der Waals surface area contributed by atoms with E-state index < -0.39 is 0 Å². The number of benzene rings is 1. The third kappa shape index (κ3) is 6.02. The number of nitrogens with one attached hydrogen (secondary N) is 1. The van der Waals surface area contributed by atoms with Crippen molar-refractivity contribution >= 4 is 41.1 Å². The van der Waals surface area contributed by atoms with Gasteiger partial charge in [0.05, 0.1) is 25.0 Å². The number of rotatable bonds is 7. The predicted molar refractivity (Wildman–Crippen MR) is 80.8 cm³/mol. The molecule has 0 aliphatic carbocycles. The quantitative estimate of drug-likeness (QED) is 0.476. The first-order valence-electron chi connectivity index (χ1n) is 5.74. The van der Waals surface area contributed by atoms with Crippen molar-refractivity contribution in [2.24, 2.45) is 0 Å². The van der Waals surface area contributed by atoms with E-state index in [9.17, 15) is 9.59 Å². The number of methoxy groups -OCH3 is 1. The summed E-state index contributed by atoms with van der Waals surface area (Å²) >= 11 is 3.01. The van der Waals surface area contributed by atoms with E-state index in [0.717, 1.165) is 10.6 Å². The van der Waals surface area contributed by atoms with E-state index in [2.05, 4.69) is 10.1 Å². The lowest BCUT2D eigenvalue weighted by Gasteiger charge is -2.08. The van der Waals surface area contributed by atoms with Crippen molar-refractivity contribution in [3.63, 3.8) is 0 Å². The number of carbonyl (C=O) groups is 2. The Kier molecular flexibility index (Phi) is 7.43. The topological polar surface area (TPSA) is 55.4 Å². The van der Waals surface area contributed by atoms with Crippen molar-refractivity contribution < 1.29 is 14.3 Å². The number of amides is 1. The van der Waals surface area contributed by atoms with Crippen LogP contribution < -0.4 is 5.32 Å². The molecule has 1 rings (SSSR count). The fourth-order valence-electron chi connectivity index (χ4n) is 1.36. The molecule has 1 aromatic carbocycles. The van der Waals surface area contributed by atoms with Gasteiger partial charge in [-0.3, -0.25) is 9.59 Å². The van der Waals surface area contributed by atoms with Gasteiger partial charge in [-0.1, -0.05) is 12.1 Å². The molecule has 104 valence electrons. The van der Waals surface area contributed by atoms with E-state index in [1.54, 1.807) is 11.8 Å². The highest BCUT2D eigenvalue weighted by molar-refractivity contribution is 8.00. The predicted octanol–water partition coefficient (Wildman–Crippen LogP) is 2.64. The maximum absolute atomic E-state index is 11.7. The maximum atomic E-state index is 11.7. The number of para-hydroxylation sites is 1. The molecule has 1 N–H and O–H groups in total. The highest BCUT2D eigenvalue weighted by atomic mass is 32.2. The first kappa shape index (κ1) is 15.9. The molecule has 0 saturated carbocycles. The fraction of sp³-hybridized carbons (Fsp3) is 0.385. The number of thioether (sulfide) groups is 2. The van der Waals surface area contributed by atoms with Crippen molar-refractivity contribution in [2.45, 2.75) is 11.3 Å². The van der Waals surface area contributed by atoms with Gasteiger partial charge in [0.25, 0.3) is 0 Å². The van der Waals surface area contributed by atoms with Crippen molar-refractivity contribution in [3.8, 4) is 0 Å². The molecule has 0 atom stereocenters. The van der Waals surface area contributed by atoms with E-state index in [4.69, 9.17) is 0 Å². The average molecular weight is 299 g/mol. The lowest BCUT2D eigenvalue weighted by atomic mass is 10.3. The van der Waals surface area contributed by atoms with Crippen LogP contribution >= 0.6 is 23.5 Å². The van der Waals surface area contributed by atoms with Crippen LogP contribution in [0.15, 0.2) is 29.2 Å². The highest BCUT2D eigenvalue weighted by Gasteiger charge is 2.07. The Labute approximate surface area is 121 Å². The fourth-order valence-corrected chi connectivity index (χ4v) is 2.62. The highest BCUT2D eigenvalue weighted by Crippen LogP contribution is 2.24. The first-order chi connectivity index (χ1) is 9.17. The Balaban J connectivity index is 2.33. The monoisotopic (exact) mass is 299 g/mol. The molecule has 0 bridgehead atoms. The van der Waals surface area contributed by atoms with Crippen LogP contribution in [0, 0.1) is 0 Å². The molecular weight excluding hydrogens is 282 g/mol. The van der Waals surface area contributed by atoms with Crippen molar-refractivity contribution in [1.29, 1.82) is 0 Å². The summed E-state index contributed by atoms with van der Waals surface area (Å²) in [4.78, 5) is 23.7. The van der Waals surface area contributed by atoms with Crippen molar-refractivity contribution in [1.82, 2.24) is 0 Å². The van der Waals surface area contributed by atoms with Crippen LogP contribution in [-0.4, -0.2) is 36.7 Å². The Morgan fingerprint density at radius 2 is 2.05 bits per heavy atom. The summed E-state index contributed by atoms with van der Waals surface area (Å²) in [6.07, 6.45) is 2.30. The number of hydrogen-bond acceptors (Lipinski definition) is 5. The van der Waals surface area contributed by atoms with Gasteiger partial charge < -0.3 is 10.1 Å². The minimum Gasteiger partial charge on any atom is -0.469 e. The summed E-state index contributed by atoms with van der Waals surface area (Å²) < 4.78 is 4.53. The van der Waals surface area contributed by atoms with Crippen molar-refractivity contribution in [2.75, 3.05) is 30.2 Å². The molecule has 0 aromatic heterocycles. The second-order valence-corrected chi connectivity index (χ2v) is 5.58. The van der Waals surface area contributed by atoms with Crippen LogP contribution in [0.5, 0.6) is 0 Å². The summed E-state index contributed by atoms with van der Waals surface area (Å²) in [7, 11) is 1.36. The normalized spacial score (nSPS) is 10.0. The Hall–Kier alpha value is -1.14. The van der Waals surface area contributed by atoms with Gasteiger partial charge in [0.2, 0.25) is 5.91 Å². The molecule has 4 nitrogen and oxygen atoms in total. The SMILES string of the molecule is COC(=O)CCSCC(=O)Nc1ccccc1SC. The average Bonchev–Trinajstić information content (AvgIpc) is 2.43. The molecule has 1 amide bonds. The number of hydrogen-bond donors (Lipinski definition) is 1. The Bertz CT molecular complexity index is 438.